The number of nitrogens with zero attached hydrogens (tertiary/aromatic N) is 1. The molecule has 22 heavy (non-hydrogen) atoms. The van der Waals surface area contributed by atoms with E-state index in [-0.39, 0.29) is 17.3 Å². The highest BCUT2D eigenvalue weighted by atomic mass is 16.5. The Morgan fingerprint density at radius 1 is 1.36 bits per heavy atom. The molecule has 0 saturated carbocycles. The summed E-state index contributed by atoms with van der Waals surface area (Å²) in [5.74, 6) is 1.19. The maximum Gasteiger partial charge on any atom is 0.165 e. The normalized spacial score (nSPS) is 41.7. The first-order valence-corrected chi connectivity index (χ1v) is 8.12. The van der Waals surface area contributed by atoms with E-state index in [0.717, 1.165) is 25.0 Å². The van der Waals surface area contributed by atoms with Crippen LogP contribution < -0.4 is 4.74 Å². The second-order valence-electron chi connectivity index (χ2n) is 7.41. The Balaban J connectivity index is 1.85. The zero-order valence-corrected chi connectivity index (χ0v) is 12.9. The summed E-state index contributed by atoms with van der Waals surface area (Å²) in [5.41, 5.74) is 3.29. The summed E-state index contributed by atoms with van der Waals surface area (Å²) in [6.45, 7) is 3.00. The molecule has 2 N–H and O–H groups in total. The Labute approximate surface area is 130 Å². The van der Waals surface area contributed by atoms with Crippen molar-refractivity contribution >= 4 is 0 Å². The molecule has 0 unspecified atom stereocenters. The monoisotopic (exact) mass is 299 g/mol. The van der Waals surface area contributed by atoms with E-state index in [4.69, 9.17) is 4.74 Å². The van der Waals surface area contributed by atoms with Crippen molar-refractivity contribution in [2.24, 2.45) is 5.92 Å². The number of aliphatic hydroxyl groups excluding tert-OH is 1. The first-order chi connectivity index (χ1) is 10.5. The number of rotatable bonds is 0. The van der Waals surface area contributed by atoms with Crippen LogP contribution in [0.2, 0.25) is 0 Å². The Bertz CT molecular complexity index is 713. The van der Waals surface area contributed by atoms with Gasteiger partial charge in [-0.05, 0) is 50.6 Å². The second kappa shape index (κ2) is 3.87. The molecule has 2 aliphatic heterocycles. The fourth-order valence-electron chi connectivity index (χ4n) is 5.46. The van der Waals surface area contributed by atoms with Crippen molar-refractivity contribution in [2.45, 2.75) is 43.4 Å². The van der Waals surface area contributed by atoms with Gasteiger partial charge in [0.2, 0.25) is 0 Å². The lowest BCUT2D eigenvalue weighted by Crippen LogP contribution is -2.65. The van der Waals surface area contributed by atoms with Gasteiger partial charge in [0.1, 0.15) is 12.2 Å². The van der Waals surface area contributed by atoms with Crippen LogP contribution in [-0.4, -0.2) is 47.0 Å². The molecular weight excluding hydrogens is 278 g/mol. The number of piperidine rings is 1. The topological polar surface area (TPSA) is 52.9 Å². The van der Waals surface area contributed by atoms with Crippen LogP contribution in [0.4, 0.5) is 0 Å². The molecule has 4 heteroatoms. The fraction of sp³-hybridized carbons (Fsp3) is 0.556. The van der Waals surface area contributed by atoms with Crippen molar-refractivity contribution in [2.75, 3.05) is 13.6 Å². The van der Waals surface area contributed by atoms with Crippen molar-refractivity contribution < 1.29 is 14.9 Å². The summed E-state index contributed by atoms with van der Waals surface area (Å²) in [5, 5.41) is 21.0. The molecule has 5 atom stereocenters. The quantitative estimate of drug-likeness (QED) is 0.714. The van der Waals surface area contributed by atoms with Crippen LogP contribution in [-0.2, 0) is 11.8 Å². The molecule has 1 fully saturated rings. The fourth-order valence-corrected chi connectivity index (χ4v) is 5.46. The van der Waals surface area contributed by atoms with Crippen LogP contribution in [0, 0.1) is 5.92 Å². The number of benzene rings is 1. The van der Waals surface area contributed by atoms with Gasteiger partial charge in [-0.15, -0.1) is 0 Å². The minimum atomic E-state index is -0.585. The summed E-state index contributed by atoms with van der Waals surface area (Å²) in [7, 11) is 2.20. The van der Waals surface area contributed by atoms with Crippen molar-refractivity contribution in [3.8, 4) is 11.5 Å². The minimum Gasteiger partial charge on any atom is -0.504 e. The molecule has 2 heterocycles. The van der Waals surface area contributed by atoms with E-state index in [1.165, 1.54) is 11.1 Å². The highest BCUT2D eigenvalue weighted by Crippen LogP contribution is 2.62. The molecule has 4 nitrogen and oxygen atoms in total. The molecular formula is C18H21NO3. The average molecular weight is 299 g/mol. The molecule has 2 bridgehead atoms. The van der Waals surface area contributed by atoms with Crippen LogP contribution >= 0.6 is 0 Å². The summed E-state index contributed by atoms with van der Waals surface area (Å²) < 4.78 is 6.17. The van der Waals surface area contributed by atoms with Crippen LogP contribution in [0.15, 0.2) is 23.8 Å². The van der Waals surface area contributed by atoms with E-state index in [2.05, 4.69) is 18.0 Å². The summed E-state index contributed by atoms with van der Waals surface area (Å²) in [6.07, 6.45) is 3.38. The smallest absolute Gasteiger partial charge is 0.165 e. The standard InChI is InChI=1S/C18H21NO3/c1-9-7-11-12-8-10-3-4-13(20)16-14(10)18(11,5-6-19(12)2)17(22-16)15(9)21/h3-4,7,11-12,15,17,20-21H,5-6,8H2,1-2H3/t11-,12+,15-,17-,18-/m0/s1. The van der Waals surface area contributed by atoms with Crippen LogP contribution in [0.5, 0.6) is 11.5 Å². The van der Waals surface area contributed by atoms with E-state index in [9.17, 15) is 10.2 Å². The maximum atomic E-state index is 10.7. The van der Waals surface area contributed by atoms with Gasteiger partial charge in [-0.1, -0.05) is 12.1 Å². The minimum absolute atomic E-state index is 0.169. The number of hydrogen-bond donors (Lipinski definition) is 2. The lowest BCUT2D eigenvalue weighted by Gasteiger charge is -2.57. The van der Waals surface area contributed by atoms with E-state index in [1.807, 2.05) is 13.0 Å². The predicted octanol–water partition coefficient (Wildman–Crippen LogP) is 1.59. The number of phenols is 1. The number of aromatic hydroxyl groups is 1. The molecule has 1 spiro atoms. The second-order valence-corrected chi connectivity index (χ2v) is 7.41. The molecule has 2 aliphatic carbocycles. The number of aliphatic hydroxyl groups is 1. The van der Waals surface area contributed by atoms with Gasteiger partial charge in [0.05, 0.1) is 0 Å². The average Bonchev–Trinajstić information content (AvgIpc) is 2.84. The molecule has 5 rings (SSSR count). The SMILES string of the molecule is CC1=C[C@H]2[C@H]3Cc4ccc(O)c5c4[C@@]2(CCN3C)[C@@H](O5)[C@H]1O. The molecule has 0 amide bonds. The van der Waals surface area contributed by atoms with Crippen LogP contribution in [0.1, 0.15) is 24.5 Å². The predicted molar refractivity (Wildman–Crippen MR) is 82.2 cm³/mol. The summed E-state index contributed by atoms with van der Waals surface area (Å²) >= 11 is 0. The zero-order chi connectivity index (χ0) is 15.2. The van der Waals surface area contributed by atoms with E-state index in [0.29, 0.717) is 17.7 Å². The first-order valence-electron chi connectivity index (χ1n) is 8.12. The maximum absolute atomic E-state index is 10.7. The van der Waals surface area contributed by atoms with Crippen molar-refractivity contribution in [3.63, 3.8) is 0 Å². The van der Waals surface area contributed by atoms with Gasteiger partial charge in [-0.25, -0.2) is 0 Å². The van der Waals surface area contributed by atoms with Gasteiger partial charge in [-0.2, -0.15) is 0 Å². The van der Waals surface area contributed by atoms with Gasteiger partial charge in [0, 0.05) is 22.9 Å². The van der Waals surface area contributed by atoms with Crippen molar-refractivity contribution in [3.05, 3.63) is 34.9 Å². The largest absolute Gasteiger partial charge is 0.504 e. The third kappa shape index (κ3) is 1.24. The van der Waals surface area contributed by atoms with Gasteiger partial charge in [-0.3, -0.25) is 0 Å². The molecule has 116 valence electrons. The highest BCUT2D eigenvalue weighted by Gasteiger charge is 2.64. The number of ether oxygens (including phenoxy) is 1. The number of hydrogen-bond acceptors (Lipinski definition) is 4. The Hall–Kier alpha value is -1.52. The lowest BCUT2D eigenvalue weighted by molar-refractivity contribution is -0.0501. The van der Waals surface area contributed by atoms with Crippen molar-refractivity contribution in [1.29, 1.82) is 0 Å². The molecule has 1 aromatic rings. The number of phenolic OH excluding ortho intramolecular Hbond substituents is 1. The Kier molecular flexibility index (Phi) is 2.28. The lowest BCUT2D eigenvalue weighted by atomic mass is 9.52. The zero-order valence-electron chi connectivity index (χ0n) is 12.9. The highest BCUT2D eigenvalue weighted by molar-refractivity contribution is 5.62. The molecule has 4 aliphatic rings. The van der Waals surface area contributed by atoms with Gasteiger partial charge >= 0.3 is 0 Å². The van der Waals surface area contributed by atoms with Gasteiger partial charge in [0.25, 0.3) is 0 Å². The van der Waals surface area contributed by atoms with E-state index in [1.54, 1.807) is 6.07 Å². The third-order valence-electron chi connectivity index (χ3n) is 6.52. The molecule has 0 aromatic heterocycles. The number of likely N-dealkylation sites (N-methyl/N-ethyl adjacent to an activating group) is 1. The Morgan fingerprint density at radius 3 is 3.00 bits per heavy atom. The summed E-state index contributed by atoms with van der Waals surface area (Å²) in [4.78, 5) is 2.45. The van der Waals surface area contributed by atoms with Crippen LogP contribution in [0.25, 0.3) is 0 Å². The van der Waals surface area contributed by atoms with E-state index >= 15 is 0 Å². The van der Waals surface area contributed by atoms with Gasteiger partial charge < -0.3 is 19.8 Å². The molecule has 1 aromatic carbocycles. The molecule has 0 radical (unpaired) electrons. The third-order valence-corrected chi connectivity index (χ3v) is 6.52. The van der Waals surface area contributed by atoms with E-state index < -0.39 is 6.10 Å². The first kappa shape index (κ1) is 13.0. The summed E-state index contributed by atoms with van der Waals surface area (Å²) in [6, 6.07) is 4.23. The molecule has 1 saturated heterocycles. The number of likely N-dealkylation sites (tertiary alicyclic amines) is 1. The van der Waals surface area contributed by atoms with Gasteiger partial charge in [0.15, 0.2) is 11.5 Å². The van der Waals surface area contributed by atoms with Crippen molar-refractivity contribution in [1.82, 2.24) is 4.90 Å². The van der Waals surface area contributed by atoms with Crippen LogP contribution in [0.3, 0.4) is 0 Å². The Morgan fingerprint density at radius 2 is 2.18 bits per heavy atom.